The largest absolute Gasteiger partial charge is 0.444 e. The van der Waals surface area contributed by atoms with Crippen LogP contribution in [-0.2, 0) is 24.0 Å². The maximum Gasteiger partial charge on any atom is 0.410 e. The van der Waals surface area contributed by atoms with Crippen molar-refractivity contribution < 1.29 is 32.1 Å². The molecule has 1 aliphatic heterocycles. The molecular weight excluding hydrogens is 554 g/mol. The molecule has 40 heavy (non-hydrogen) atoms. The number of hydroxylamine groups is 1. The predicted molar refractivity (Wildman–Crippen MR) is 156 cm³/mol. The average molecular weight is 598 g/mol. The normalized spacial score (nSPS) is 18.9. The van der Waals surface area contributed by atoms with Gasteiger partial charge < -0.3 is 9.16 Å². The maximum absolute atomic E-state index is 13.8. The van der Waals surface area contributed by atoms with Crippen LogP contribution in [0.3, 0.4) is 0 Å². The van der Waals surface area contributed by atoms with E-state index in [2.05, 4.69) is 40.4 Å². The molecule has 1 heterocycles. The molecule has 1 amide bonds. The third-order valence-electron chi connectivity index (χ3n) is 6.94. The Morgan fingerprint density at radius 1 is 1.23 bits per heavy atom. The molecule has 0 bridgehead atoms. The number of benzene rings is 1. The van der Waals surface area contributed by atoms with Gasteiger partial charge in [-0.3, -0.25) is 19.9 Å². The third-order valence-corrected chi connectivity index (χ3v) is 13.2. The van der Waals surface area contributed by atoms with E-state index in [0.29, 0.717) is 10.0 Å². The second kappa shape index (κ2) is 12.5. The second-order valence-electron chi connectivity index (χ2n) is 12.3. The first-order valence-corrected chi connectivity index (χ1v) is 17.4. The maximum atomic E-state index is 13.8. The van der Waals surface area contributed by atoms with Crippen molar-refractivity contribution in [3.8, 4) is 0 Å². The van der Waals surface area contributed by atoms with E-state index < -0.39 is 57.6 Å². The Hall–Kier alpha value is -2.58. The first kappa shape index (κ1) is 33.6. The fraction of sp³-hybridized carbons (Fsp3) is 0.593. The van der Waals surface area contributed by atoms with E-state index >= 15 is 0 Å². The van der Waals surface area contributed by atoms with Gasteiger partial charge in [-0.2, -0.15) is 0 Å². The molecule has 0 saturated carbocycles. The number of ether oxygens (including phenoxy) is 1. The van der Waals surface area contributed by atoms with Crippen LogP contribution in [0.15, 0.2) is 53.5 Å². The van der Waals surface area contributed by atoms with Crippen LogP contribution >= 0.6 is 0 Å². The molecular formula is C27H43N3O8SSi. The molecule has 1 aliphatic rings. The van der Waals surface area contributed by atoms with E-state index in [-0.39, 0.29) is 24.8 Å². The van der Waals surface area contributed by atoms with Crippen molar-refractivity contribution in [1.82, 2.24) is 9.37 Å². The summed E-state index contributed by atoms with van der Waals surface area (Å²) in [5.41, 5.74) is -0.718. The monoisotopic (exact) mass is 597 g/mol. The Morgan fingerprint density at radius 2 is 1.82 bits per heavy atom. The lowest BCUT2D eigenvalue weighted by Crippen LogP contribution is -2.57. The van der Waals surface area contributed by atoms with E-state index in [0.717, 1.165) is 12.1 Å². The van der Waals surface area contributed by atoms with Crippen molar-refractivity contribution in [2.75, 3.05) is 19.8 Å². The quantitative estimate of drug-likeness (QED) is 0.146. The molecule has 0 aliphatic carbocycles. The number of nitro benzene ring substituents is 1. The smallest absolute Gasteiger partial charge is 0.410 e. The number of para-hydroxylation sites is 1. The van der Waals surface area contributed by atoms with Crippen LogP contribution in [0.1, 0.15) is 48.5 Å². The highest BCUT2D eigenvalue weighted by Gasteiger charge is 2.44. The summed E-state index contributed by atoms with van der Waals surface area (Å²) in [6, 6.07) is 3.51. The summed E-state index contributed by atoms with van der Waals surface area (Å²) in [5.74, 6) is 0. The molecule has 0 spiro atoms. The highest BCUT2D eigenvalue weighted by atomic mass is 32.2. The molecule has 0 aromatic heterocycles. The molecule has 2 atom stereocenters. The van der Waals surface area contributed by atoms with Crippen LogP contribution in [0.25, 0.3) is 0 Å². The van der Waals surface area contributed by atoms with Gasteiger partial charge in [-0.1, -0.05) is 55.1 Å². The van der Waals surface area contributed by atoms with Crippen LogP contribution in [0.4, 0.5) is 10.5 Å². The second-order valence-corrected chi connectivity index (χ2v) is 18.8. The summed E-state index contributed by atoms with van der Waals surface area (Å²) in [4.78, 5) is 30.9. The molecule has 2 rings (SSSR count). The first-order valence-electron chi connectivity index (χ1n) is 13.1. The highest BCUT2D eigenvalue weighted by Crippen LogP contribution is 2.38. The van der Waals surface area contributed by atoms with Gasteiger partial charge >= 0.3 is 6.09 Å². The van der Waals surface area contributed by atoms with Crippen molar-refractivity contribution in [3.63, 3.8) is 0 Å². The van der Waals surface area contributed by atoms with Gasteiger partial charge in [0.15, 0.2) is 13.2 Å². The predicted octanol–water partition coefficient (Wildman–Crippen LogP) is 5.66. The Kier molecular flexibility index (Phi) is 10.5. The Labute approximate surface area is 239 Å². The van der Waals surface area contributed by atoms with Gasteiger partial charge in [0, 0.05) is 12.6 Å². The van der Waals surface area contributed by atoms with E-state index in [1.165, 1.54) is 23.1 Å². The van der Waals surface area contributed by atoms with Gasteiger partial charge in [0.05, 0.1) is 30.2 Å². The number of sulfonamides is 1. The summed E-state index contributed by atoms with van der Waals surface area (Å²) >= 11 is 0. The number of rotatable bonds is 10. The zero-order valence-corrected chi connectivity index (χ0v) is 26.8. The minimum Gasteiger partial charge on any atom is -0.444 e. The molecule has 13 heteroatoms. The molecule has 1 aromatic rings. The molecule has 0 unspecified atom stereocenters. The van der Waals surface area contributed by atoms with Crippen molar-refractivity contribution in [2.24, 2.45) is 0 Å². The Balaban J connectivity index is 2.59. The van der Waals surface area contributed by atoms with Gasteiger partial charge in [0.2, 0.25) is 0 Å². The number of nitrogens with zero attached hydrogens (tertiary/aromatic N) is 3. The van der Waals surface area contributed by atoms with Crippen LogP contribution in [0, 0.1) is 10.1 Å². The molecule has 0 fully saturated rings. The molecule has 224 valence electrons. The summed E-state index contributed by atoms with van der Waals surface area (Å²) in [7, 11) is -6.74. The fourth-order valence-electron chi connectivity index (χ4n) is 3.81. The van der Waals surface area contributed by atoms with Crippen molar-refractivity contribution in [1.29, 1.82) is 0 Å². The number of amides is 1. The van der Waals surface area contributed by atoms with E-state index in [9.17, 15) is 23.3 Å². The van der Waals surface area contributed by atoms with Crippen LogP contribution in [0.5, 0.6) is 0 Å². The summed E-state index contributed by atoms with van der Waals surface area (Å²) in [6.07, 6.45) is 2.42. The summed E-state index contributed by atoms with van der Waals surface area (Å²) in [5, 5.41) is 11.6. The van der Waals surface area contributed by atoms with Crippen molar-refractivity contribution in [3.05, 3.63) is 58.7 Å². The number of carbonyl (C=O) groups is 1. The standard InChI is InChI=1S/C27H43N3O8SSi/c1-11-16-36-30(39(34,35)24-15-13-12-14-22(24)29(32)33)21-17-20(2)23(19-37-40(9,10)27(6,7)8)28(18-21)25(31)38-26(3,4)5/h11-15,17,21,23H,1,16,18-19H2,2-10H3/t21-,23+/m1/s1. The van der Waals surface area contributed by atoms with Crippen LogP contribution in [0.2, 0.25) is 18.1 Å². The lowest BCUT2D eigenvalue weighted by atomic mass is 10.00. The first-order chi connectivity index (χ1) is 18.2. The average Bonchev–Trinajstić information content (AvgIpc) is 2.81. The zero-order chi connectivity index (χ0) is 30.7. The Bertz CT molecular complexity index is 1230. The molecule has 1 aromatic carbocycles. The van der Waals surface area contributed by atoms with Gasteiger partial charge in [-0.25, -0.2) is 13.2 Å². The lowest BCUT2D eigenvalue weighted by molar-refractivity contribution is -0.388. The molecule has 0 radical (unpaired) electrons. The van der Waals surface area contributed by atoms with Crippen molar-refractivity contribution in [2.45, 2.75) is 89.2 Å². The lowest BCUT2D eigenvalue weighted by Gasteiger charge is -2.43. The van der Waals surface area contributed by atoms with Gasteiger partial charge in [-0.15, -0.1) is 6.58 Å². The molecule has 11 nitrogen and oxygen atoms in total. The van der Waals surface area contributed by atoms with Crippen LogP contribution < -0.4 is 0 Å². The summed E-state index contributed by atoms with van der Waals surface area (Å²) < 4.78 is 40.5. The van der Waals surface area contributed by atoms with Crippen LogP contribution in [-0.4, -0.2) is 74.6 Å². The zero-order valence-electron chi connectivity index (χ0n) is 25.0. The SMILES string of the molecule is C=CCON([C@@H]1C=C(C)[C@H](CO[Si](C)(C)C(C)(C)C)N(C(=O)OC(C)(C)C)C1)S(=O)(=O)c1ccccc1[N+](=O)[O-]. The number of carbonyl (C=O) groups excluding carboxylic acids is 1. The van der Waals surface area contributed by atoms with Gasteiger partial charge in [-0.05, 0) is 51.9 Å². The minimum absolute atomic E-state index is 0.0631. The van der Waals surface area contributed by atoms with E-state index in [4.69, 9.17) is 14.0 Å². The van der Waals surface area contributed by atoms with E-state index in [1.807, 2.05) is 0 Å². The molecule has 0 N–H and O–H groups in total. The highest BCUT2D eigenvalue weighted by molar-refractivity contribution is 7.89. The fourth-order valence-corrected chi connectivity index (χ4v) is 6.35. The van der Waals surface area contributed by atoms with Gasteiger partial charge in [0.1, 0.15) is 5.60 Å². The number of hydrogen-bond donors (Lipinski definition) is 0. The number of hydrogen-bond acceptors (Lipinski definition) is 8. The number of nitro groups is 1. The molecule has 0 saturated heterocycles. The third kappa shape index (κ3) is 8.00. The van der Waals surface area contributed by atoms with Gasteiger partial charge in [0.25, 0.3) is 15.7 Å². The topological polar surface area (TPSA) is 129 Å². The Morgan fingerprint density at radius 3 is 2.35 bits per heavy atom. The minimum atomic E-state index is -4.55. The van der Waals surface area contributed by atoms with Crippen molar-refractivity contribution >= 4 is 30.1 Å². The summed E-state index contributed by atoms with van der Waals surface area (Å²) in [6.45, 7) is 21.1. The van der Waals surface area contributed by atoms with E-state index in [1.54, 1.807) is 33.8 Å².